The maximum atomic E-state index is 4.20. The third-order valence-electron chi connectivity index (χ3n) is 2.70. The Labute approximate surface area is 121 Å². The van der Waals surface area contributed by atoms with Crippen LogP contribution in [0.1, 0.15) is 5.69 Å². The molecule has 4 nitrogen and oxygen atoms in total. The van der Waals surface area contributed by atoms with Crippen LogP contribution in [0.15, 0.2) is 65.8 Å². The first kappa shape index (κ1) is 12.5. The summed E-state index contributed by atoms with van der Waals surface area (Å²) < 4.78 is 4.00. The highest BCUT2D eigenvalue weighted by molar-refractivity contribution is 7.09. The second-order valence-electron chi connectivity index (χ2n) is 4.09. The van der Waals surface area contributed by atoms with Gasteiger partial charge >= 0.3 is 0 Å². The lowest BCUT2D eigenvalue weighted by molar-refractivity contribution is 1.14. The summed E-state index contributed by atoms with van der Waals surface area (Å²) in [4.78, 5) is 1.02. The summed E-state index contributed by atoms with van der Waals surface area (Å²) >= 11 is 1.37. The van der Waals surface area contributed by atoms with Crippen molar-refractivity contribution >= 4 is 23.4 Å². The van der Waals surface area contributed by atoms with Gasteiger partial charge in [-0.2, -0.15) is 5.10 Å². The summed E-state index contributed by atoms with van der Waals surface area (Å²) in [6.45, 7) is 0. The largest absolute Gasteiger partial charge is 0.278 e. The Kier molecular flexibility index (Phi) is 3.80. The first-order valence-corrected chi connectivity index (χ1v) is 6.93. The fourth-order valence-electron chi connectivity index (χ4n) is 1.75. The molecular weight excluding hydrogens is 268 g/mol. The normalized spacial score (nSPS) is 10.8. The fourth-order valence-corrected chi connectivity index (χ4v) is 2.39. The van der Waals surface area contributed by atoms with E-state index < -0.39 is 0 Å². The molecule has 0 atom stereocenters. The highest BCUT2D eigenvalue weighted by Crippen LogP contribution is 2.24. The number of para-hydroxylation sites is 1. The molecule has 0 aliphatic heterocycles. The van der Waals surface area contributed by atoms with E-state index in [4.69, 9.17) is 0 Å². The molecule has 1 heterocycles. The fraction of sp³-hybridized carbons (Fsp3) is 0. The van der Waals surface area contributed by atoms with Crippen molar-refractivity contribution in [2.24, 2.45) is 5.10 Å². The standard InChI is InChI=1S/C15H12N4S/c1-3-7-12(8-4-1)15-14(18-19-20-15)11-16-17-13-9-5-2-6-10-13/h1-11,17H/b16-11-. The summed E-state index contributed by atoms with van der Waals surface area (Å²) in [7, 11) is 0. The number of hydrogen-bond acceptors (Lipinski definition) is 5. The van der Waals surface area contributed by atoms with Gasteiger partial charge in [0.05, 0.1) is 16.8 Å². The molecule has 0 unspecified atom stereocenters. The van der Waals surface area contributed by atoms with Crippen molar-refractivity contribution in [2.75, 3.05) is 5.43 Å². The quantitative estimate of drug-likeness (QED) is 0.586. The molecule has 0 saturated heterocycles. The molecule has 1 aromatic heterocycles. The first-order chi connectivity index (χ1) is 9.93. The summed E-state index contributed by atoms with van der Waals surface area (Å²) in [5, 5.41) is 8.30. The molecule has 2 aromatic carbocycles. The smallest absolute Gasteiger partial charge is 0.126 e. The Morgan fingerprint density at radius 3 is 2.40 bits per heavy atom. The van der Waals surface area contributed by atoms with Crippen LogP contribution in [-0.2, 0) is 0 Å². The van der Waals surface area contributed by atoms with Gasteiger partial charge in [0.15, 0.2) is 0 Å². The second kappa shape index (κ2) is 6.08. The van der Waals surface area contributed by atoms with Crippen molar-refractivity contribution in [3.63, 3.8) is 0 Å². The molecule has 20 heavy (non-hydrogen) atoms. The average Bonchev–Trinajstić information content (AvgIpc) is 2.98. The van der Waals surface area contributed by atoms with Crippen molar-refractivity contribution < 1.29 is 0 Å². The monoisotopic (exact) mass is 280 g/mol. The minimum atomic E-state index is 0.768. The lowest BCUT2D eigenvalue weighted by Crippen LogP contribution is -1.92. The van der Waals surface area contributed by atoms with E-state index in [0.29, 0.717) is 0 Å². The molecule has 3 aromatic rings. The van der Waals surface area contributed by atoms with Crippen molar-refractivity contribution in [3.8, 4) is 10.4 Å². The summed E-state index contributed by atoms with van der Waals surface area (Å²) in [5.41, 5.74) is 5.77. The van der Waals surface area contributed by atoms with Crippen molar-refractivity contribution in [2.45, 2.75) is 0 Å². The highest BCUT2D eigenvalue weighted by Gasteiger charge is 2.07. The summed E-state index contributed by atoms with van der Waals surface area (Å²) in [5.74, 6) is 0. The van der Waals surface area contributed by atoms with Gasteiger partial charge in [0.1, 0.15) is 5.69 Å². The first-order valence-electron chi connectivity index (χ1n) is 6.15. The number of nitrogens with one attached hydrogen (secondary N) is 1. The Balaban J connectivity index is 1.77. The molecule has 0 bridgehead atoms. The van der Waals surface area contributed by atoms with Gasteiger partial charge in [-0.05, 0) is 29.2 Å². The molecular formula is C15H12N4S. The number of hydrazone groups is 1. The van der Waals surface area contributed by atoms with Crippen LogP contribution in [0.4, 0.5) is 5.69 Å². The molecule has 0 radical (unpaired) electrons. The maximum Gasteiger partial charge on any atom is 0.126 e. The van der Waals surface area contributed by atoms with Crippen LogP contribution in [0.2, 0.25) is 0 Å². The molecule has 3 rings (SSSR count). The molecule has 0 fully saturated rings. The van der Waals surface area contributed by atoms with Gasteiger partial charge in [0.25, 0.3) is 0 Å². The lowest BCUT2D eigenvalue weighted by Gasteiger charge is -1.99. The van der Waals surface area contributed by atoms with E-state index in [-0.39, 0.29) is 0 Å². The zero-order valence-electron chi connectivity index (χ0n) is 10.6. The number of rotatable bonds is 4. The average molecular weight is 280 g/mol. The van der Waals surface area contributed by atoms with Crippen LogP contribution in [0, 0.1) is 0 Å². The van der Waals surface area contributed by atoms with E-state index in [0.717, 1.165) is 21.8 Å². The molecule has 5 heteroatoms. The minimum absolute atomic E-state index is 0.768. The van der Waals surface area contributed by atoms with Crippen molar-refractivity contribution in [1.82, 2.24) is 9.59 Å². The zero-order valence-corrected chi connectivity index (χ0v) is 11.4. The number of nitrogens with zero attached hydrogens (tertiary/aromatic N) is 3. The Hall–Kier alpha value is -2.53. The van der Waals surface area contributed by atoms with Gasteiger partial charge in [0.2, 0.25) is 0 Å². The number of benzene rings is 2. The van der Waals surface area contributed by atoms with Crippen LogP contribution in [0.3, 0.4) is 0 Å². The van der Waals surface area contributed by atoms with E-state index in [1.54, 1.807) is 6.21 Å². The number of anilines is 1. The van der Waals surface area contributed by atoms with E-state index in [1.165, 1.54) is 11.5 Å². The molecule has 1 N–H and O–H groups in total. The molecule has 0 aliphatic rings. The zero-order chi connectivity index (χ0) is 13.6. The third kappa shape index (κ3) is 2.89. The van der Waals surface area contributed by atoms with Gasteiger partial charge < -0.3 is 0 Å². The number of aromatic nitrogens is 2. The van der Waals surface area contributed by atoms with Crippen molar-refractivity contribution in [3.05, 3.63) is 66.4 Å². The van der Waals surface area contributed by atoms with Crippen LogP contribution >= 0.6 is 11.5 Å². The van der Waals surface area contributed by atoms with Crippen LogP contribution in [-0.4, -0.2) is 15.8 Å². The van der Waals surface area contributed by atoms with Crippen LogP contribution in [0.5, 0.6) is 0 Å². The maximum absolute atomic E-state index is 4.20. The molecule has 0 spiro atoms. The lowest BCUT2D eigenvalue weighted by atomic mass is 10.2. The summed E-state index contributed by atoms with van der Waals surface area (Å²) in [6, 6.07) is 19.8. The van der Waals surface area contributed by atoms with Gasteiger partial charge in [-0.15, -0.1) is 5.10 Å². The van der Waals surface area contributed by atoms with Crippen LogP contribution in [0.25, 0.3) is 10.4 Å². The van der Waals surface area contributed by atoms with E-state index in [9.17, 15) is 0 Å². The van der Waals surface area contributed by atoms with Crippen LogP contribution < -0.4 is 5.43 Å². The Morgan fingerprint density at radius 2 is 1.65 bits per heavy atom. The molecule has 98 valence electrons. The van der Waals surface area contributed by atoms with Gasteiger partial charge in [-0.3, -0.25) is 5.43 Å². The van der Waals surface area contributed by atoms with Gasteiger partial charge in [-0.1, -0.05) is 53.0 Å². The number of hydrogen-bond donors (Lipinski definition) is 1. The predicted molar refractivity (Wildman–Crippen MR) is 83.0 cm³/mol. The Bertz CT molecular complexity index is 692. The third-order valence-corrected chi connectivity index (χ3v) is 3.49. The highest BCUT2D eigenvalue weighted by atomic mass is 32.1. The topological polar surface area (TPSA) is 50.2 Å². The van der Waals surface area contributed by atoms with Crippen molar-refractivity contribution in [1.29, 1.82) is 0 Å². The Morgan fingerprint density at radius 1 is 0.950 bits per heavy atom. The molecule has 0 saturated carbocycles. The molecule has 0 amide bonds. The van der Waals surface area contributed by atoms with E-state index in [2.05, 4.69) is 20.1 Å². The SMILES string of the molecule is C(=N/Nc1ccccc1)/c1nnsc1-c1ccccc1. The minimum Gasteiger partial charge on any atom is -0.278 e. The predicted octanol–water partition coefficient (Wildman–Crippen LogP) is 3.65. The van der Waals surface area contributed by atoms with Gasteiger partial charge in [0, 0.05) is 0 Å². The van der Waals surface area contributed by atoms with E-state index in [1.807, 2.05) is 60.7 Å². The van der Waals surface area contributed by atoms with E-state index >= 15 is 0 Å². The molecule has 0 aliphatic carbocycles. The second-order valence-corrected chi connectivity index (χ2v) is 4.84. The van der Waals surface area contributed by atoms with Gasteiger partial charge in [-0.25, -0.2) is 0 Å². The summed E-state index contributed by atoms with van der Waals surface area (Å²) in [6.07, 6.45) is 1.69.